The maximum Gasteiger partial charge on any atom is 0.248 e. The van der Waals surface area contributed by atoms with Crippen molar-refractivity contribution in [1.82, 2.24) is 0 Å². The fraction of sp³-hybridized carbons (Fsp3) is 0.174. The number of ether oxygens (including phenoxy) is 1. The number of hydrogen-bond acceptors (Lipinski definition) is 4. The molecule has 28 heavy (non-hydrogen) atoms. The molecule has 1 fully saturated rings. The van der Waals surface area contributed by atoms with Gasteiger partial charge in [0.15, 0.2) is 0 Å². The van der Waals surface area contributed by atoms with Crippen LogP contribution in [0.25, 0.3) is 17.4 Å². The second kappa shape index (κ2) is 8.59. The Morgan fingerprint density at radius 2 is 1.68 bits per heavy atom. The van der Waals surface area contributed by atoms with Crippen LogP contribution < -0.4 is 10.2 Å². The van der Waals surface area contributed by atoms with Crippen LogP contribution in [0.3, 0.4) is 0 Å². The molecule has 0 unspecified atom stereocenters. The second-order valence-corrected chi connectivity index (χ2v) is 6.51. The molecule has 0 aliphatic carbocycles. The fourth-order valence-corrected chi connectivity index (χ4v) is 3.19. The number of anilines is 2. The Labute approximate surface area is 164 Å². The van der Waals surface area contributed by atoms with Crippen molar-refractivity contribution < 1.29 is 13.9 Å². The number of para-hydroxylation sites is 2. The van der Waals surface area contributed by atoms with Gasteiger partial charge in [-0.2, -0.15) is 0 Å². The van der Waals surface area contributed by atoms with E-state index in [0.29, 0.717) is 19.0 Å². The van der Waals surface area contributed by atoms with E-state index in [0.717, 1.165) is 35.8 Å². The minimum absolute atomic E-state index is 0.196. The number of carbonyl (C=O) groups excluding carboxylic acids is 1. The number of nitrogens with zero attached hydrogens (tertiary/aromatic N) is 1. The van der Waals surface area contributed by atoms with E-state index in [1.165, 1.54) is 6.08 Å². The third kappa shape index (κ3) is 4.32. The summed E-state index contributed by atoms with van der Waals surface area (Å²) in [7, 11) is 0. The van der Waals surface area contributed by atoms with Gasteiger partial charge in [-0.3, -0.25) is 4.79 Å². The Bertz CT molecular complexity index is 957. The van der Waals surface area contributed by atoms with Gasteiger partial charge in [0.2, 0.25) is 5.91 Å². The zero-order chi connectivity index (χ0) is 19.2. The minimum Gasteiger partial charge on any atom is -0.457 e. The third-order valence-electron chi connectivity index (χ3n) is 4.60. The van der Waals surface area contributed by atoms with E-state index in [1.54, 1.807) is 6.08 Å². The number of carbonyl (C=O) groups is 1. The quantitative estimate of drug-likeness (QED) is 0.671. The van der Waals surface area contributed by atoms with E-state index < -0.39 is 0 Å². The molecule has 5 heteroatoms. The van der Waals surface area contributed by atoms with Gasteiger partial charge >= 0.3 is 0 Å². The van der Waals surface area contributed by atoms with Crippen molar-refractivity contribution >= 4 is 23.4 Å². The first-order valence-corrected chi connectivity index (χ1v) is 9.36. The number of furan rings is 1. The Kier molecular flexibility index (Phi) is 5.54. The largest absolute Gasteiger partial charge is 0.457 e. The number of hydrogen-bond donors (Lipinski definition) is 1. The number of nitrogens with one attached hydrogen (secondary N) is 1. The average Bonchev–Trinajstić information content (AvgIpc) is 3.23. The van der Waals surface area contributed by atoms with Crippen molar-refractivity contribution in [2.45, 2.75) is 0 Å². The molecule has 0 spiro atoms. The fourth-order valence-electron chi connectivity index (χ4n) is 3.19. The van der Waals surface area contributed by atoms with Crippen LogP contribution in [-0.2, 0) is 9.53 Å². The van der Waals surface area contributed by atoms with Crippen molar-refractivity contribution in [3.63, 3.8) is 0 Å². The van der Waals surface area contributed by atoms with E-state index in [2.05, 4.69) is 10.2 Å². The SMILES string of the molecule is O=C(/C=C/c1ccc(-c2ccccc2)o1)Nc1ccccc1N1CCOCC1. The monoisotopic (exact) mass is 374 g/mol. The maximum atomic E-state index is 12.4. The number of benzene rings is 2. The van der Waals surface area contributed by atoms with Gasteiger partial charge in [0.1, 0.15) is 11.5 Å². The first-order chi connectivity index (χ1) is 13.8. The maximum absolute atomic E-state index is 12.4. The highest BCUT2D eigenvalue weighted by Crippen LogP contribution is 2.26. The van der Waals surface area contributed by atoms with E-state index >= 15 is 0 Å². The number of rotatable bonds is 5. The molecule has 2 aromatic carbocycles. The molecule has 0 atom stereocenters. The standard InChI is InChI=1S/C23H22N2O3/c26-23(13-11-19-10-12-22(28-19)18-6-2-1-3-7-18)24-20-8-4-5-9-21(20)25-14-16-27-17-15-25/h1-13H,14-17H2,(H,24,26)/b13-11+. The van der Waals surface area contributed by atoms with E-state index in [4.69, 9.17) is 9.15 Å². The molecule has 0 radical (unpaired) electrons. The summed E-state index contributed by atoms with van der Waals surface area (Å²) in [5, 5.41) is 2.97. The predicted octanol–water partition coefficient (Wildman–Crippen LogP) is 4.44. The molecule has 1 aromatic heterocycles. The van der Waals surface area contributed by atoms with Crippen LogP contribution in [-0.4, -0.2) is 32.2 Å². The van der Waals surface area contributed by atoms with Gasteiger partial charge in [0.05, 0.1) is 24.6 Å². The summed E-state index contributed by atoms with van der Waals surface area (Å²) in [5.41, 5.74) is 2.81. The zero-order valence-corrected chi connectivity index (χ0v) is 15.5. The molecule has 1 amide bonds. The van der Waals surface area contributed by atoms with Crippen molar-refractivity contribution in [1.29, 1.82) is 0 Å². The van der Waals surface area contributed by atoms with E-state index in [-0.39, 0.29) is 5.91 Å². The molecule has 142 valence electrons. The third-order valence-corrected chi connectivity index (χ3v) is 4.60. The lowest BCUT2D eigenvalue weighted by Gasteiger charge is -2.30. The summed E-state index contributed by atoms with van der Waals surface area (Å²) < 4.78 is 11.2. The Morgan fingerprint density at radius 1 is 0.929 bits per heavy atom. The van der Waals surface area contributed by atoms with Gasteiger partial charge in [0.25, 0.3) is 0 Å². The topological polar surface area (TPSA) is 54.7 Å². The van der Waals surface area contributed by atoms with Crippen molar-refractivity contribution in [3.05, 3.63) is 78.6 Å². The molecule has 0 bridgehead atoms. The molecular weight excluding hydrogens is 352 g/mol. The Morgan fingerprint density at radius 3 is 2.50 bits per heavy atom. The summed E-state index contributed by atoms with van der Waals surface area (Å²) >= 11 is 0. The summed E-state index contributed by atoms with van der Waals surface area (Å²) in [6.45, 7) is 3.03. The summed E-state index contributed by atoms with van der Waals surface area (Å²) in [6.07, 6.45) is 3.17. The smallest absolute Gasteiger partial charge is 0.248 e. The predicted molar refractivity (Wildman–Crippen MR) is 111 cm³/mol. The first-order valence-electron chi connectivity index (χ1n) is 9.36. The molecule has 0 saturated carbocycles. The highest BCUT2D eigenvalue weighted by molar-refractivity contribution is 6.03. The van der Waals surface area contributed by atoms with Gasteiger partial charge in [-0.15, -0.1) is 0 Å². The molecule has 4 rings (SSSR count). The molecule has 1 N–H and O–H groups in total. The zero-order valence-electron chi connectivity index (χ0n) is 15.5. The van der Waals surface area contributed by atoms with Crippen molar-refractivity contribution in [3.8, 4) is 11.3 Å². The molecule has 5 nitrogen and oxygen atoms in total. The Balaban J connectivity index is 1.43. The van der Waals surface area contributed by atoms with Crippen LogP contribution in [0.4, 0.5) is 11.4 Å². The molecule has 1 aliphatic heterocycles. The first kappa shape index (κ1) is 18.1. The van der Waals surface area contributed by atoms with Crippen LogP contribution >= 0.6 is 0 Å². The van der Waals surface area contributed by atoms with Crippen molar-refractivity contribution in [2.24, 2.45) is 0 Å². The summed E-state index contributed by atoms with van der Waals surface area (Å²) in [4.78, 5) is 14.6. The van der Waals surface area contributed by atoms with Gasteiger partial charge in [-0.1, -0.05) is 42.5 Å². The van der Waals surface area contributed by atoms with E-state index in [9.17, 15) is 4.79 Å². The van der Waals surface area contributed by atoms with Gasteiger partial charge in [0, 0.05) is 24.7 Å². The summed E-state index contributed by atoms with van der Waals surface area (Å²) in [6, 6.07) is 21.5. The number of amides is 1. The van der Waals surface area contributed by atoms with Crippen LogP contribution in [0.1, 0.15) is 5.76 Å². The lowest BCUT2D eigenvalue weighted by Crippen LogP contribution is -2.36. The average molecular weight is 374 g/mol. The Hall–Kier alpha value is -3.31. The van der Waals surface area contributed by atoms with Gasteiger partial charge < -0.3 is 19.4 Å². The number of morpholine rings is 1. The van der Waals surface area contributed by atoms with E-state index in [1.807, 2.05) is 66.7 Å². The van der Waals surface area contributed by atoms with Crippen LogP contribution in [0.15, 0.2) is 77.2 Å². The minimum atomic E-state index is -0.196. The van der Waals surface area contributed by atoms with Crippen LogP contribution in [0, 0.1) is 0 Å². The molecule has 2 heterocycles. The highest BCUT2D eigenvalue weighted by atomic mass is 16.5. The van der Waals surface area contributed by atoms with Gasteiger partial charge in [-0.25, -0.2) is 0 Å². The highest BCUT2D eigenvalue weighted by Gasteiger charge is 2.15. The molecule has 3 aromatic rings. The summed E-state index contributed by atoms with van der Waals surface area (Å²) in [5.74, 6) is 1.21. The van der Waals surface area contributed by atoms with Crippen molar-refractivity contribution in [2.75, 3.05) is 36.5 Å². The molecular formula is C23H22N2O3. The lowest BCUT2D eigenvalue weighted by molar-refractivity contribution is -0.111. The van der Waals surface area contributed by atoms with Crippen LogP contribution in [0.5, 0.6) is 0 Å². The van der Waals surface area contributed by atoms with Crippen LogP contribution in [0.2, 0.25) is 0 Å². The molecule has 1 aliphatic rings. The second-order valence-electron chi connectivity index (χ2n) is 6.51. The molecule has 1 saturated heterocycles. The lowest BCUT2D eigenvalue weighted by atomic mass is 10.2. The normalized spacial score (nSPS) is 14.4. The van der Waals surface area contributed by atoms with Gasteiger partial charge in [-0.05, 0) is 30.3 Å².